The fraction of sp³-hybridized carbons (Fsp3) is 0.208. The van der Waals surface area contributed by atoms with Crippen LogP contribution in [-0.2, 0) is 4.79 Å². The molecule has 0 bridgehead atoms. The zero-order valence-corrected chi connectivity index (χ0v) is 17.4. The highest BCUT2D eigenvalue weighted by atomic mass is 19.1. The molecule has 8 heteroatoms. The number of carbonyl (C=O) groups excluding carboxylic acids is 1. The number of halogens is 3. The quantitative estimate of drug-likeness (QED) is 0.558. The van der Waals surface area contributed by atoms with Gasteiger partial charge in [-0.1, -0.05) is 12.1 Å². The van der Waals surface area contributed by atoms with Crippen LogP contribution in [0.4, 0.5) is 24.5 Å². The minimum atomic E-state index is -0.717. The third kappa shape index (κ3) is 4.40. The Hall–Kier alpha value is -3.52. The molecule has 5 nitrogen and oxygen atoms in total. The largest absolute Gasteiger partial charge is 0.507 e. The summed E-state index contributed by atoms with van der Waals surface area (Å²) in [6.07, 6.45) is 0. The van der Waals surface area contributed by atoms with Crippen LogP contribution >= 0.6 is 0 Å². The Morgan fingerprint density at radius 3 is 2.19 bits per heavy atom. The van der Waals surface area contributed by atoms with Crippen molar-refractivity contribution in [2.24, 2.45) is 0 Å². The minimum Gasteiger partial charge on any atom is -0.507 e. The number of carbonyl (C=O) groups is 1. The van der Waals surface area contributed by atoms with Gasteiger partial charge >= 0.3 is 0 Å². The van der Waals surface area contributed by atoms with Crippen molar-refractivity contribution in [2.45, 2.75) is 6.92 Å². The molecule has 166 valence electrons. The first-order valence-electron chi connectivity index (χ1n) is 10.2. The van der Waals surface area contributed by atoms with Crippen LogP contribution < -0.4 is 15.5 Å². The first kappa shape index (κ1) is 21.7. The van der Waals surface area contributed by atoms with Gasteiger partial charge in [0, 0.05) is 44.2 Å². The number of anilines is 2. The highest BCUT2D eigenvalue weighted by molar-refractivity contribution is 5.90. The van der Waals surface area contributed by atoms with Gasteiger partial charge in [-0.3, -0.25) is 4.79 Å². The second-order valence-electron chi connectivity index (χ2n) is 7.63. The first-order chi connectivity index (χ1) is 15.3. The van der Waals surface area contributed by atoms with Gasteiger partial charge in [0.05, 0.1) is 11.4 Å². The molecule has 1 aliphatic heterocycles. The second-order valence-corrected chi connectivity index (χ2v) is 7.63. The van der Waals surface area contributed by atoms with Gasteiger partial charge in [0.2, 0.25) is 5.91 Å². The van der Waals surface area contributed by atoms with Gasteiger partial charge in [-0.25, -0.2) is 13.2 Å². The average molecular weight is 441 g/mol. The summed E-state index contributed by atoms with van der Waals surface area (Å²) in [5.41, 5.74) is 1.29. The number of phenolic OH excluding ortho intramolecular Hbond substituents is 1. The van der Waals surface area contributed by atoms with E-state index in [0.717, 1.165) is 31.3 Å². The molecule has 4 rings (SSSR count). The lowest BCUT2D eigenvalue weighted by atomic mass is 9.96. The van der Waals surface area contributed by atoms with Gasteiger partial charge in [-0.15, -0.1) is 0 Å². The number of amides is 1. The van der Waals surface area contributed by atoms with E-state index in [-0.39, 0.29) is 28.1 Å². The van der Waals surface area contributed by atoms with E-state index in [9.17, 15) is 23.1 Å². The molecule has 3 aromatic carbocycles. The van der Waals surface area contributed by atoms with E-state index in [1.54, 1.807) is 6.07 Å². The molecule has 0 spiro atoms. The molecule has 1 aliphatic rings. The van der Waals surface area contributed by atoms with E-state index in [2.05, 4.69) is 10.6 Å². The molecule has 0 aromatic heterocycles. The van der Waals surface area contributed by atoms with Gasteiger partial charge in [-0.2, -0.15) is 0 Å². The maximum absolute atomic E-state index is 14.5. The van der Waals surface area contributed by atoms with Crippen LogP contribution in [0, 0.1) is 17.5 Å². The predicted molar refractivity (Wildman–Crippen MR) is 118 cm³/mol. The number of phenols is 1. The molecule has 3 aromatic rings. The van der Waals surface area contributed by atoms with E-state index in [0.29, 0.717) is 24.3 Å². The molecule has 0 radical (unpaired) electrons. The highest BCUT2D eigenvalue weighted by Crippen LogP contribution is 2.41. The number of nitrogens with zero attached hydrogens (tertiary/aromatic N) is 1. The Labute approximate surface area is 183 Å². The fourth-order valence-corrected chi connectivity index (χ4v) is 3.84. The number of benzene rings is 3. The van der Waals surface area contributed by atoms with Crippen molar-refractivity contribution >= 4 is 17.3 Å². The molecule has 32 heavy (non-hydrogen) atoms. The average Bonchev–Trinajstić information content (AvgIpc) is 2.77. The SMILES string of the molecule is CC(=O)Nc1ccc(-c2cc(F)cc(-c3ccc(F)c(N4CCNCC4)c3)c2O)cc1F. The van der Waals surface area contributed by atoms with Crippen molar-refractivity contribution in [3.8, 4) is 28.0 Å². The molecular weight excluding hydrogens is 419 g/mol. The molecular formula is C24H22F3N3O2. The van der Waals surface area contributed by atoms with Crippen LogP contribution in [0.15, 0.2) is 48.5 Å². The fourth-order valence-electron chi connectivity index (χ4n) is 3.84. The molecule has 1 amide bonds. The van der Waals surface area contributed by atoms with Crippen LogP contribution in [0.1, 0.15) is 6.92 Å². The number of nitrogens with one attached hydrogen (secondary N) is 2. The summed E-state index contributed by atoms with van der Waals surface area (Å²) >= 11 is 0. The summed E-state index contributed by atoms with van der Waals surface area (Å²) in [4.78, 5) is 13.1. The van der Waals surface area contributed by atoms with Crippen molar-refractivity contribution in [1.82, 2.24) is 5.32 Å². The van der Waals surface area contributed by atoms with Crippen LogP contribution in [0.25, 0.3) is 22.3 Å². The molecule has 1 saturated heterocycles. The smallest absolute Gasteiger partial charge is 0.221 e. The van der Waals surface area contributed by atoms with Crippen LogP contribution in [0.5, 0.6) is 5.75 Å². The molecule has 1 fully saturated rings. The van der Waals surface area contributed by atoms with Crippen molar-refractivity contribution < 1.29 is 23.1 Å². The summed E-state index contributed by atoms with van der Waals surface area (Å²) in [5.74, 6) is -2.43. The molecule has 0 unspecified atom stereocenters. The van der Waals surface area contributed by atoms with Crippen molar-refractivity contribution in [3.63, 3.8) is 0 Å². The predicted octanol–water partition coefficient (Wildman–Crippen LogP) is 4.51. The summed E-state index contributed by atoms with van der Waals surface area (Å²) in [6.45, 7) is 3.95. The Bertz CT molecular complexity index is 1180. The van der Waals surface area contributed by atoms with Gasteiger partial charge in [0.1, 0.15) is 23.2 Å². The van der Waals surface area contributed by atoms with Crippen LogP contribution in [0.3, 0.4) is 0 Å². The summed E-state index contributed by atoms with van der Waals surface area (Å²) < 4.78 is 43.4. The number of piperazine rings is 1. The lowest BCUT2D eigenvalue weighted by molar-refractivity contribution is -0.114. The number of hydrogen-bond donors (Lipinski definition) is 3. The third-order valence-corrected chi connectivity index (χ3v) is 5.38. The highest BCUT2D eigenvalue weighted by Gasteiger charge is 2.19. The zero-order valence-electron chi connectivity index (χ0n) is 17.4. The Kier molecular flexibility index (Phi) is 6.05. The summed E-state index contributed by atoms with van der Waals surface area (Å²) in [5, 5.41) is 16.5. The van der Waals surface area contributed by atoms with E-state index < -0.39 is 23.4 Å². The van der Waals surface area contributed by atoms with Gasteiger partial charge in [0.25, 0.3) is 0 Å². The summed E-state index contributed by atoms with van der Waals surface area (Å²) in [6, 6.07) is 10.5. The van der Waals surface area contributed by atoms with E-state index in [1.165, 1.54) is 31.2 Å². The van der Waals surface area contributed by atoms with Crippen LogP contribution in [0.2, 0.25) is 0 Å². The molecule has 0 saturated carbocycles. The topological polar surface area (TPSA) is 64.6 Å². The normalized spacial score (nSPS) is 13.8. The van der Waals surface area contributed by atoms with Crippen molar-refractivity contribution in [3.05, 3.63) is 66.0 Å². The molecule has 3 N–H and O–H groups in total. The number of hydrogen-bond acceptors (Lipinski definition) is 4. The van der Waals surface area contributed by atoms with Crippen LogP contribution in [-0.4, -0.2) is 37.2 Å². The number of aromatic hydroxyl groups is 1. The molecule has 0 aliphatic carbocycles. The standard InChI is InChI=1S/C24H22F3N3O2/c1-14(31)29-22-5-3-15(10-21(22)27)18-12-17(25)13-19(24(18)32)16-2-4-20(26)23(11-16)30-8-6-28-7-9-30/h2-5,10-13,28,32H,6-9H2,1H3,(H,29,31). The third-order valence-electron chi connectivity index (χ3n) is 5.38. The Balaban J connectivity index is 1.76. The summed E-state index contributed by atoms with van der Waals surface area (Å²) in [7, 11) is 0. The zero-order chi connectivity index (χ0) is 22.8. The van der Waals surface area contributed by atoms with E-state index in [1.807, 2.05) is 4.90 Å². The monoisotopic (exact) mass is 441 g/mol. The maximum Gasteiger partial charge on any atom is 0.221 e. The van der Waals surface area contributed by atoms with Crippen molar-refractivity contribution in [1.29, 1.82) is 0 Å². The van der Waals surface area contributed by atoms with E-state index in [4.69, 9.17) is 0 Å². The van der Waals surface area contributed by atoms with Crippen molar-refractivity contribution in [2.75, 3.05) is 36.4 Å². The minimum absolute atomic E-state index is 0.0171. The Morgan fingerprint density at radius 1 is 0.938 bits per heavy atom. The molecule has 0 atom stereocenters. The second kappa shape index (κ2) is 8.92. The van der Waals surface area contributed by atoms with Gasteiger partial charge < -0.3 is 20.6 Å². The van der Waals surface area contributed by atoms with Gasteiger partial charge in [-0.05, 0) is 47.5 Å². The lowest BCUT2D eigenvalue weighted by Gasteiger charge is -2.30. The Morgan fingerprint density at radius 2 is 1.56 bits per heavy atom. The number of rotatable bonds is 4. The first-order valence-corrected chi connectivity index (χ1v) is 10.2. The van der Waals surface area contributed by atoms with E-state index >= 15 is 0 Å². The molecule has 1 heterocycles. The lowest BCUT2D eigenvalue weighted by Crippen LogP contribution is -2.43. The van der Waals surface area contributed by atoms with Gasteiger partial charge in [0.15, 0.2) is 0 Å². The maximum atomic E-state index is 14.5.